The van der Waals surface area contributed by atoms with Crippen LogP contribution in [0.15, 0.2) is 30.5 Å². The number of piperidine rings is 1. The topological polar surface area (TPSA) is 65.8 Å². The molecule has 1 saturated heterocycles. The second-order valence-corrected chi connectivity index (χ2v) is 7.14. The summed E-state index contributed by atoms with van der Waals surface area (Å²) in [6.45, 7) is 2.28. The normalized spacial score (nSPS) is 18.0. The Kier molecular flexibility index (Phi) is 4.96. The SMILES string of the molecule is COc1cccc(-c2ncc(CN3CCC(O)(CO)CC3)s2)c1. The van der Waals surface area contributed by atoms with Crippen LogP contribution in [0, 0.1) is 0 Å². The molecule has 1 aliphatic heterocycles. The standard InChI is InChI=1S/C17H22N2O3S/c1-22-14-4-2-3-13(9-14)16-18-10-15(23-16)11-19-7-5-17(21,12-20)6-8-19/h2-4,9-10,20-21H,5-8,11-12H2,1H3. The number of aliphatic hydroxyl groups is 2. The number of aromatic nitrogens is 1. The largest absolute Gasteiger partial charge is 0.497 e. The summed E-state index contributed by atoms with van der Waals surface area (Å²) in [6, 6.07) is 7.92. The highest BCUT2D eigenvalue weighted by Crippen LogP contribution is 2.29. The first kappa shape index (κ1) is 16.4. The van der Waals surface area contributed by atoms with E-state index < -0.39 is 5.60 Å². The lowest BCUT2D eigenvalue weighted by atomic mass is 9.92. The lowest BCUT2D eigenvalue weighted by Gasteiger charge is -2.36. The fourth-order valence-electron chi connectivity index (χ4n) is 2.78. The zero-order valence-electron chi connectivity index (χ0n) is 13.2. The molecule has 0 spiro atoms. The van der Waals surface area contributed by atoms with Crippen LogP contribution in [0.2, 0.25) is 0 Å². The Morgan fingerprint density at radius 1 is 1.35 bits per heavy atom. The number of likely N-dealkylation sites (tertiary alicyclic amines) is 1. The van der Waals surface area contributed by atoms with Gasteiger partial charge in [0.1, 0.15) is 10.8 Å². The molecule has 5 nitrogen and oxygen atoms in total. The van der Waals surface area contributed by atoms with Gasteiger partial charge in [-0.3, -0.25) is 4.90 Å². The van der Waals surface area contributed by atoms with Crippen molar-refractivity contribution < 1.29 is 14.9 Å². The highest BCUT2D eigenvalue weighted by atomic mass is 32.1. The Morgan fingerprint density at radius 2 is 2.13 bits per heavy atom. The average Bonchev–Trinajstić information content (AvgIpc) is 3.06. The molecule has 0 radical (unpaired) electrons. The third-order valence-electron chi connectivity index (χ3n) is 4.33. The lowest BCUT2D eigenvalue weighted by molar-refractivity contribution is -0.0605. The van der Waals surface area contributed by atoms with E-state index in [1.807, 2.05) is 30.5 Å². The number of ether oxygens (including phenoxy) is 1. The molecule has 0 amide bonds. The van der Waals surface area contributed by atoms with Crippen LogP contribution in [0.1, 0.15) is 17.7 Å². The van der Waals surface area contributed by atoms with Crippen molar-refractivity contribution in [1.82, 2.24) is 9.88 Å². The molecule has 0 bridgehead atoms. The molecule has 1 aromatic carbocycles. The van der Waals surface area contributed by atoms with E-state index >= 15 is 0 Å². The first-order chi connectivity index (χ1) is 11.1. The number of hydrogen-bond donors (Lipinski definition) is 2. The zero-order valence-corrected chi connectivity index (χ0v) is 14.1. The molecular formula is C17H22N2O3S. The molecule has 1 fully saturated rings. The predicted octanol–water partition coefficient (Wildman–Crippen LogP) is 2.14. The van der Waals surface area contributed by atoms with E-state index in [0.29, 0.717) is 12.8 Å². The second kappa shape index (κ2) is 6.97. The van der Waals surface area contributed by atoms with Gasteiger partial charge in [-0.05, 0) is 25.0 Å². The van der Waals surface area contributed by atoms with Crippen molar-refractivity contribution in [3.05, 3.63) is 35.3 Å². The van der Waals surface area contributed by atoms with E-state index in [2.05, 4.69) is 9.88 Å². The van der Waals surface area contributed by atoms with Gasteiger partial charge >= 0.3 is 0 Å². The molecule has 1 aromatic heterocycles. The molecule has 3 rings (SSSR count). The minimum absolute atomic E-state index is 0.151. The zero-order chi connectivity index (χ0) is 16.3. The van der Waals surface area contributed by atoms with Crippen LogP contribution in [0.3, 0.4) is 0 Å². The maximum absolute atomic E-state index is 10.1. The van der Waals surface area contributed by atoms with E-state index in [-0.39, 0.29) is 6.61 Å². The van der Waals surface area contributed by atoms with E-state index in [4.69, 9.17) is 4.74 Å². The van der Waals surface area contributed by atoms with Gasteiger partial charge in [-0.2, -0.15) is 0 Å². The maximum Gasteiger partial charge on any atom is 0.123 e. The molecule has 2 heterocycles. The van der Waals surface area contributed by atoms with Gasteiger partial charge in [0.15, 0.2) is 0 Å². The molecule has 2 aromatic rings. The summed E-state index contributed by atoms with van der Waals surface area (Å²) in [5, 5.41) is 20.3. The number of aliphatic hydroxyl groups excluding tert-OH is 1. The summed E-state index contributed by atoms with van der Waals surface area (Å²) in [5.41, 5.74) is 0.171. The van der Waals surface area contributed by atoms with Gasteiger partial charge in [0.2, 0.25) is 0 Å². The van der Waals surface area contributed by atoms with Crippen LogP contribution >= 0.6 is 11.3 Å². The van der Waals surface area contributed by atoms with Crippen molar-refractivity contribution in [2.45, 2.75) is 25.0 Å². The van der Waals surface area contributed by atoms with E-state index in [1.165, 1.54) is 4.88 Å². The van der Waals surface area contributed by atoms with Gasteiger partial charge in [-0.15, -0.1) is 11.3 Å². The van der Waals surface area contributed by atoms with Gasteiger partial charge in [0, 0.05) is 36.3 Å². The Balaban J connectivity index is 1.64. The molecule has 6 heteroatoms. The van der Waals surface area contributed by atoms with E-state index in [9.17, 15) is 10.2 Å². The van der Waals surface area contributed by atoms with Gasteiger partial charge in [-0.1, -0.05) is 12.1 Å². The highest BCUT2D eigenvalue weighted by molar-refractivity contribution is 7.15. The molecule has 23 heavy (non-hydrogen) atoms. The monoisotopic (exact) mass is 334 g/mol. The van der Waals surface area contributed by atoms with Gasteiger partial charge < -0.3 is 14.9 Å². The Hall–Kier alpha value is -1.47. The van der Waals surface area contributed by atoms with Gasteiger partial charge in [-0.25, -0.2) is 4.98 Å². The second-order valence-electron chi connectivity index (χ2n) is 6.02. The molecule has 0 unspecified atom stereocenters. The van der Waals surface area contributed by atoms with Crippen LogP contribution < -0.4 is 4.74 Å². The molecule has 1 aliphatic rings. The van der Waals surface area contributed by atoms with Crippen LogP contribution in [0.5, 0.6) is 5.75 Å². The summed E-state index contributed by atoms with van der Waals surface area (Å²) in [4.78, 5) is 8.02. The number of methoxy groups -OCH3 is 1. The van der Waals surface area contributed by atoms with Crippen LogP contribution in [-0.2, 0) is 6.54 Å². The highest BCUT2D eigenvalue weighted by Gasteiger charge is 2.31. The fraction of sp³-hybridized carbons (Fsp3) is 0.471. The van der Waals surface area contributed by atoms with Crippen molar-refractivity contribution in [3.63, 3.8) is 0 Å². The fourth-order valence-corrected chi connectivity index (χ4v) is 3.73. The number of nitrogens with zero attached hydrogens (tertiary/aromatic N) is 2. The summed E-state index contributed by atoms with van der Waals surface area (Å²) >= 11 is 1.68. The smallest absolute Gasteiger partial charge is 0.123 e. The van der Waals surface area contributed by atoms with Gasteiger partial charge in [0.25, 0.3) is 0 Å². The summed E-state index contributed by atoms with van der Waals surface area (Å²) in [6.07, 6.45) is 3.16. The first-order valence-corrected chi connectivity index (χ1v) is 8.58. The van der Waals surface area contributed by atoms with Gasteiger partial charge in [0.05, 0.1) is 19.3 Å². The Labute approximate surface area is 140 Å². The van der Waals surface area contributed by atoms with Crippen LogP contribution in [-0.4, -0.2) is 52.5 Å². The Morgan fingerprint density at radius 3 is 2.83 bits per heavy atom. The number of rotatable bonds is 5. The average molecular weight is 334 g/mol. The number of hydrogen-bond acceptors (Lipinski definition) is 6. The van der Waals surface area contributed by atoms with Crippen LogP contribution in [0.25, 0.3) is 10.6 Å². The summed E-state index contributed by atoms with van der Waals surface area (Å²) in [5.74, 6) is 0.832. The Bertz CT molecular complexity index is 651. The minimum Gasteiger partial charge on any atom is -0.497 e. The number of benzene rings is 1. The summed E-state index contributed by atoms with van der Waals surface area (Å²) < 4.78 is 5.26. The predicted molar refractivity (Wildman–Crippen MR) is 90.6 cm³/mol. The molecule has 0 atom stereocenters. The van der Waals surface area contributed by atoms with Crippen molar-refractivity contribution >= 4 is 11.3 Å². The van der Waals surface area contributed by atoms with Crippen molar-refractivity contribution in [2.75, 3.05) is 26.8 Å². The number of thiazole rings is 1. The van der Waals surface area contributed by atoms with Crippen molar-refractivity contribution in [2.24, 2.45) is 0 Å². The molecule has 0 saturated carbocycles. The maximum atomic E-state index is 10.1. The van der Waals surface area contributed by atoms with Crippen molar-refractivity contribution in [3.8, 4) is 16.3 Å². The van der Waals surface area contributed by atoms with Crippen LogP contribution in [0.4, 0.5) is 0 Å². The van der Waals surface area contributed by atoms with E-state index in [0.717, 1.165) is 36.0 Å². The molecule has 2 N–H and O–H groups in total. The lowest BCUT2D eigenvalue weighted by Crippen LogP contribution is -2.46. The molecular weight excluding hydrogens is 312 g/mol. The third-order valence-corrected chi connectivity index (χ3v) is 5.36. The summed E-state index contributed by atoms with van der Waals surface area (Å²) in [7, 11) is 1.66. The first-order valence-electron chi connectivity index (χ1n) is 7.77. The third kappa shape index (κ3) is 3.90. The molecule has 0 aliphatic carbocycles. The molecule has 124 valence electrons. The van der Waals surface area contributed by atoms with E-state index in [1.54, 1.807) is 18.4 Å². The quantitative estimate of drug-likeness (QED) is 0.877. The van der Waals surface area contributed by atoms with Crippen molar-refractivity contribution in [1.29, 1.82) is 0 Å². The minimum atomic E-state index is -0.893.